The van der Waals surface area contributed by atoms with Crippen molar-refractivity contribution in [3.63, 3.8) is 0 Å². The van der Waals surface area contributed by atoms with Crippen LogP contribution in [-0.4, -0.2) is 38.4 Å². The Bertz CT molecular complexity index is 341. The third-order valence-corrected chi connectivity index (χ3v) is 5.23. The van der Waals surface area contributed by atoms with Crippen LogP contribution in [0.1, 0.15) is 39.5 Å². The van der Waals surface area contributed by atoms with E-state index in [9.17, 15) is 8.42 Å². The Morgan fingerprint density at radius 3 is 2.47 bits per heavy atom. The third-order valence-electron chi connectivity index (χ3n) is 3.50. The fraction of sp³-hybridized carbons (Fsp3) is 1.00. The molecule has 0 aliphatic heterocycles. The van der Waals surface area contributed by atoms with Gasteiger partial charge in [0.2, 0.25) is 0 Å². The van der Waals surface area contributed by atoms with Crippen LogP contribution in [0.15, 0.2) is 0 Å². The van der Waals surface area contributed by atoms with E-state index in [1.165, 1.54) is 4.31 Å². The van der Waals surface area contributed by atoms with Gasteiger partial charge in [-0.25, -0.2) is 0 Å². The van der Waals surface area contributed by atoms with Gasteiger partial charge >= 0.3 is 0 Å². The fourth-order valence-corrected chi connectivity index (χ4v) is 3.25. The SMILES string of the molecule is CCCCN(C)S(=O)(=O)NC(C)(CN)C1CC1. The number of rotatable bonds is 8. The molecule has 0 spiro atoms. The van der Waals surface area contributed by atoms with Gasteiger partial charge in [0.15, 0.2) is 0 Å². The number of hydrogen-bond acceptors (Lipinski definition) is 3. The highest BCUT2D eigenvalue weighted by Gasteiger charge is 2.43. The second kappa shape index (κ2) is 5.65. The molecular weight excluding hydrogens is 238 g/mol. The largest absolute Gasteiger partial charge is 0.329 e. The third kappa shape index (κ3) is 3.91. The number of hydrogen-bond donors (Lipinski definition) is 2. The molecule has 0 aromatic carbocycles. The summed E-state index contributed by atoms with van der Waals surface area (Å²) in [6.45, 7) is 4.84. The molecule has 0 aromatic rings. The van der Waals surface area contributed by atoms with Crippen LogP contribution >= 0.6 is 0 Å². The quantitative estimate of drug-likeness (QED) is 0.676. The van der Waals surface area contributed by atoms with E-state index in [0.717, 1.165) is 25.7 Å². The van der Waals surface area contributed by atoms with Crippen LogP contribution in [0.3, 0.4) is 0 Å². The summed E-state index contributed by atoms with van der Waals surface area (Å²) in [6.07, 6.45) is 3.99. The first kappa shape index (κ1) is 14.9. The smallest absolute Gasteiger partial charge is 0.279 e. The summed E-state index contributed by atoms with van der Waals surface area (Å²) in [4.78, 5) is 0. The van der Waals surface area contributed by atoms with Crippen molar-refractivity contribution < 1.29 is 8.42 Å². The minimum Gasteiger partial charge on any atom is -0.329 e. The van der Waals surface area contributed by atoms with E-state index in [1.54, 1.807) is 7.05 Å². The fourth-order valence-electron chi connectivity index (χ4n) is 1.89. The minimum absolute atomic E-state index is 0.346. The van der Waals surface area contributed by atoms with Gasteiger partial charge in [0.05, 0.1) is 0 Å². The molecule has 0 amide bonds. The standard InChI is InChI=1S/C11H25N3O2S/c1-4-5-8-14(3)17(15,16)13-11(2,9-12)10-6-7-10/h10,13H,4-9,12H2,1-3H3. The van der Waals surface area contributed by atoms with Crippen LogP contribution in [0, 0.1) is 5.92 Å². The van der Waals surface area contributed by atoms with Gasteiger partial charge in [0, 0.05) is 25.7 Å². The molecule has 0 radical (unpaired) electrons. The molecule has 1 fully saturated rings. The molecule has 3 N–H and O–H groups in total. The Morgan fingerprint density at radius 1 is 1.47 bits per heavy atom. The van der Waals surface area contributed by atoms with Gasteiger partial charge in [-0.1, -0.05) is 13.3 Å². The number of nitrogens with one attached hydrogen (secondary N) is 1. The van der Waals surface area contributed by atoms with Gasteiger partial charge < -0.3 is 5.73 Å². The van der Waals surface area contributed by atoms with E-state index in [-0.39, 0.29) is 0 Å². The molecular formula is C11H25N3O2S. The molecule has 1 rings (SSSR count). The predicted octanol–water partition coefficient (Wildman–Crippen LogP) is 0.680. The highest BCUT2D eigenvalue weighted by Crippen LogP contribution is 2.39. The van der Waals surface area contributed by atoms with Crippen molar-refractivity contribution in [1.82, 2.24) is 9.03 Å². The maximum Gasteiger partial charge on any atom is 0.279 e. The molecule has 1 atom stereocenters. The molecule has 1 unspecified atom stereocenters. The summed E-state index contributed by atoms with van der Waals surface area (Å²) >= 11 is 0. The Morgan fingerprint density at radius 2 is 2.06 bits per heavy atom. The van der Waals surface area contributed by atoms with Crippen LogP contribution in [0.2, 0.25) is 0 Å². The molecule has 102 valence electrons. The van der Waals surface area contributed by atoms with Crippen LogP contribution in [0.25, 0.3) is 0 Å². The van der Waals surface area contributed by atoms with Crippen LogP contribution in [-0.2, 0) is 10.2 Å². The lowest BCUT2D eigenvalue weighted by atomic mass is 9.98. The van der Waals surface area contributed by atoms with Gasteiger partial charge in [-0.2, -0.15) is 17.4 Å². The lowest BCUT2D eigenvalue weighted by Crippen LogP contribution is -2.56. The second-order valence-corrected chi connectivity index (χ2v) is 6.96. The number of nitrogens with zero attached hydrogens (tertiary/aromatic N) is 1. The van der Waals surface area contributed by atoms with Crippen molar-refractivity contribution in [3.8, 4) is 0 Å². The molecule has 0 aromatic heterocycles. The zero-order valence-corrected chi connectivity index (χ0v) is 11.9. The van der Waals surface area contributed by atoms with E-state index in [1.807, 2.05) is 13.8 Å². The van der Waals surface area contributed by atoms with E-state index < -0.39 is 15.7 Å². The average molecular weight is 263 g/mol. The van der Waals surface area contributed by atoms with Crippen molar-refractivity contribution in [2.75, 3.05) is 20.1 Å². The molecule has 6 heteroatoms. The Labute approximate surface area is 105 Å². The van der Waals surface area contributed by atoms with Gasteiger partial charge in [-0.15, -0.1) is 0 Å². The molecule has 1 aliphatic carbocycles. The van der Waals surface area contributed by atoms with Crippen molar-refractivity contribution in [1.29, 1.82) is 0 Å². The molecule has 0 saturated heterocycles. The van der Waals surface area contributed by atoms with Gasteiger partial charge in [0.25, 0.3) is 10.2 Å². The van der Waals surface area contributed by atoms with Crippen molar-refractivity contribution in [2.24, 2.45) is 11.7 Å². The number of unbranched alkanes of at least 4 members (excludes halogenated alkanes) is 1. The summed E-state index contributed by atoms with van der Waals surface area (Å²) in [5.74, 6) is 0.391. The Hall–Kier alpha value is -0.170. The van der Waals surface area contributed by atoms with E-state index in [0.29, 0.717) is 19.0 Å². The first-order chi connectivity index (χ1) is 7.85. The highest BCUT2D eigenvalue weighted by molar-refractivity contribution is 7.87. The Balaban J connectivity index is 2.64. The van der Waals surface area contributed by atoms with Crippen LogP contribution in [0.4, 0.5) is 0 Å². The van der Waals surface area contributed by atoms with Crippen molar-refractivity contribution in [3.05, 3.63) is 0 Å². The predicted molar refractivity (Wildman–Crippen MR) is 69.8 cm³/mol. The molecule has 0 heterocycles. The van der Waals surface area contributed by atoms with Crippen molar-refractivity contribution >= 4 is 10.2 Å². The normalized spacial score (nSPS) is 20.5. The summed E-state index contributed by atoms with van der Waals surface area (Å²) in [5.41, 5.74) is 5.22. The van der Waals surface area contributed by atoms with Gasteiger partial charge in [-0.3, -0.25) is 0 Å². The van der Waals surface area contributed by atoms with E-state index in [2.05, 4.69) is 4.72 Å². The highest BCUT2D eigenvalue weighted by atomic mass is 32.2. The summed E-state index contributed by atoms with van der Waals surface area (Å²) in [6, 6.07) is 0. The summed E-state index contributed by atoms with van der Waals surface area (Å²) in [7, 11) is -1.79. The molecule has 5 nitrogen and oxygen atoms in total. The van der Waals surface area contributed by atoms with E-state index >= 15 is 0 Å². The maximum atomic E-state index is 12.1. The zero-order chi connectivity index (χ0) is 13.1. The lowest BCUT2D eigenvalue weighted by Gasteiger charge is -2.31. The van der Waals surface area contributed by atoms with Crippen molar-refractivity contribution in [2.45, 2.75) is 45.1 Å². The van der Waals surface area contributed by atoms with E-state index in [4.69, 9.17) is 5.73 Å². The second-order valence-electron chi connectivity index (χ2n) is 5.18. The molecule has 17 heavy (non-hydrogen) atoms. The average Bonchev–Trinajstić information content (AvgIpc) is 3.08. The summed E-state index contributed by atoms with van der Waals surface area (Å²) < 4.78 is 28.3. The maximum absolute atomic E-state index is 12.1. The van der Waals surface area contributed by atoms with Gasteiger partial charge in [0.1, 0.15) is 0 Å². The molecule has 1 saturated carbocycles. The van der Waals surface area contributed by atoms with Gasteiger partial charge in [-0.05, 0) is 32.1 Å². The number of nitrogens with two attached hydrogens (primary N) is 1. The molecule has 1 aliphatic rings. The topological polar surface area (TPSA) is 75.4 Å². The monoisotopic (exact) mass is 263 g/mol. The summed E-state index contributed by atoms with van der Waals surface area (Å²) in [5, 5.41) is 0. The first-order valence-corrected chi connectivity index (χ1v) is 7.75. The molecule has 0 bridgehead atoms. The first-order valence-electron chi connectivity index (χ1n) is 6.31. The van der Waals surface area contributed by atoms with Crippen LogP contribution in [0.5, 0.6) is 0 Å². The lowest BCUT2D eigenvalue weighted by molar-refractivity contribution is 0.353. The minimum atomic E-state index is -3.40. The van der Waals surface area contributed by atoms with Crippen LogP contribution < -0.4 is 10.5 Å². The zero-order valence-electron chi connectivity index (χ0n) is 11.1. The Kier molecular flexibility index (Phi) is 4.95.